The van der Waals surface area contributed by atoms with Gasteiger partial charge in [-0.2, -0.15) is 0 Å². The molecule has 0 aliphatic carbocycles. The molecule has 7 amide bonds. The van der Waals surface area contributed by atoms with Gasteiger partial charge in [-0.15, -0.1) is 0 Å². The fourth-order valence-corrected chi connectivity index (χ4v) is 12.5. The molecule has 3 heterocycles. The molecule has 0 unspecified atom stereocenters. The number of fused-ring (bicyclic) bond motifs is 2. The van der Waals surface area contributed by atoms with Crippen molar-refractivity contribution in [2.24, 2.45) is 11.7 Å². The molecule has 1 saturated heterocycles. The van der Waals surface area contributed by atoms with Gasteiger partial charge in [-0.1, -0.05) is 120 Å². The first-order valence-electron chi connectivity index (χ1n) is 26.8. The standard InChI is InChI=1S/C58H72N10O10S2/c1-33(2)48(57(77)78)67-55(75)47-32-79-80-58(3,4)49(68-51(71)43-28-36-16-8-9-17-37(36)30-61-43)56(76)65-45(26-34-14-6-5-7-15-34)52(72)64-46(29-38-31-60-41-19-11-10-18-40(38)41)54(74)62-42(20-12-13-25-59)50(70)63-44(53(73)66-47)27-35-21-23-39(69)24-22-35/h5-11,14-19,21-24,31,33,42-49,60-61,69H,12-13,20,25-30,32,59H2,1-4H3,(H,62,74)(H,63,70)(H,64,72)(H,65,76)(H,66,73)(H,67,75)(H,68,71)(H,77,78)/t42-,43-,44-,45-,46-,47-,48-,49-/m0/s1. The molecule has 20 nitrogen and oxygen atoms in total. The number of aliphatic carboxylic acids is 1. The number of H-pyrrole nitrogens is 1. The van der Waals surface area contributed by atoms with E-state index in [1.54, 1.807) is 70.3 Å². The lowest BCUT2D eigenvalue weighted by atomic mass is 9.94. The molecule has 2 aliphatic rings. The maximum absolute atomic E-state index is 15.2. The van der Waals surface area contributed by atoms with E-state index in [4.69, 9.17) is 5.73 Å². The van der Waals surface area contributed by atoms with Gasteiger partial charge >= 0.3 is 5.97 Å². The highest BCUT2D eigenvalue weighted by Crippen LogP contribution is 2.39. The SMILES string of the molecule is CC(C)[C@H](NC(=O)[C@@H]1CSSC(C)(C)[C@@H](NC(=O)[C@@H]2Cc3ccccc3CN2)C(=O)N[C@@H](Cc2ccccc2)C(=O)N[C@@H](Cc2c[nH]c3ccccc23)C(=O)N[C@@H](CCCCN)C(=O)N[C@@H](Cc2ccc(O)cc2)C(=O)N1)C(=O)O. The molecule has 0 radical (unpaired) electrons. The van der Waals surface area contributed by atoms with Crippen molar-refractivity contribution in [3.63, 3.8) is 0 Å². The summed E-state index contributed by atoms with van der Waals surface area (Å²) in [7, 11) is 2.18. The third-order valence-electron chi connectivity index (χ3n) is 14.3. The second-order valence-corrected chi connectivity index (χ2v) is 24.1. The van der Waals surface area contributed by atoms with Crippen LogP contribution in [-0.2, 0) is 70.6 Å². The zero-order valence-electron chi connectivity index (χ0n) is 45.2. The second kappa shape index (κ2) is 28.1. The number of hydrogen-bond acceptors (Lipinski definition) is 13. The van der Waals surface area contributed by atoms with Crippen LogP contribution in [0, 0.1) is 5.92 Å². The van der Waals surface area contributed by atoms with E-state index < -0.39 is 106 Å². The lowest BCUT2D eigenvalue weighted by Crippen LogP contribution is -2.63. The molecule has 80 heavy (non-hydrogen) atoms. The third kappa shape index (κ3) is 16.4. The van der Waals surface area contributed by atoms with Crippen molar-refractivity contribution in [2.75, 3.05) is 12.3 Å². The highest BCUT2D eigenvalue weighted by molar-refractivity contribution is 8.77. The third-order valence-corrected chi connectivity index (χ3v) is 17.6. The Morgan fingerprint density at radius 3 is 1.91 bits per heavy atom. The average molecular weight is 1130 g/mol. The Labute approximate surface area is 472 Å². The number of benzene rings is 4. The van der Waals surface area contributed by atoms with Gasteiger partial charge in [-0.05, 0) is 98.0 Å². The van der Waals surface area contributed by atoms with Crippen LogP contribution in [0.25, 0.3) is 10.9 Å². The molecule has 5 aromatic rings. The monoisotopic (exact) mass is 1130 g/mol. The normalized spacial score (nSPS) is 22.8. The second-order valence-electron chi connectivity index (χ2n) is 21.1. The van der Waals surface area contributed by atoms with E-state index in [0.29, 0.717) is 42.5 Å². The van der Waals surface area contributed by atoms with Crippen LogP contribution in [-0.4, -0.2) is 128 Å². The quantitative estimate of drug-likeness (QED) is 0.0500. The zero-order chi connectivity index (χ0) is 57.5. The van der Waals surface area contributed by atoms with Crippen LogP contribution in [0.1, 0.15) is 74.8 Å². The number of carboxylic acids is 1. The molecule has 2 aliphatic heterocycles. The van der Waals surface area contributed by atoms with Crippen LogP contribution in [0.15, 0.2) is 109 Å². The lowest BCUT2D eigenvalue weighted by molar-refractivity contribution is -0.143. The van der Waals surface area contributed by atoms with E-state index >= 15 is 9.59 Å². The summed E-state index contributed by atoms with van der Waals surface area (Å²) in [6.45, 7) is 7.31. The predicted octanol–water partition coefficient (Wildman–Crippen LogP) is 3.05. The molecule has 4 aromatic carbocycles. The smallest absolute Gasteiger partial charge is 0.326 e. The van der Waals surface area contributed by atoms with E-state index in [0.717, 1.165) is 43.6 Å². The molecule has 0 bridgehead atoms. The number of aromatic nitrogens is 1. The summed E-state index contributed by atoms with van der Waals surface area (Å²) in [6, 6.07) is 19.7. The van der Waals surface area contributed by atoms with Gasteiger partial charge in [0.05, 0.1) is 6.04 Å². The maximum atomic E-state index is 15.2. The Morgan fingerprint density at radius 1 is 0.675 bits per heavy atom. The molecule has 13 N–H and O–H groups in total. The van der Waals surface area contributed by atoms with Crippen molar-refractivity contribution in [1.82, 2.24) is 47.5 Å². The molecule has 0 saturated carbocycles. The molecular formula is C58H72N10O10S2. The van der Waals surface area contributed by atoms with Gasteiger partial charge in [-0.25, -0.2) is 4.79 Å². The molecule has 1 fully saturated rings. The first-order valence-corrected chi connectivity index (χ1v) is 29.1. The molecule has 22 heteroatoms. The maximum Gasteiger partial charge on any atom is 0.326 e. The number of rotatable bonds is 16. The topological polar surface area (TPSA) is 315 Å². The number of carboxylic acid groups (broad SMARTS) is 1. The first-order chi connectivity index (χ1) is 38.3. The first kappa shape index (κ1) is 60.2. The predicted molar refractivity (Wildman–Crippen MR) is 308 cm³/mol. The van der Waals surface area contributed by atoms with E-state index in [1.807, 2.05) is 54.6 Å². The van der Waals surface area contributed by atoms with E-state index in [-0.39, 0.29) is 43.7 Å². The average Bonchev–Trinajstić information content (AvgIpc) is 3.85. The summed E-state index contributed by atoms with van der Waals surface area (Å²) >= 11 is 0. The lowest BCUT2D eigenvalue weighted by Gasteiger charge is -2.36. The number of amides is 7. The Bertz CT molecular complexity index is 2990. The Balaban J connectivity index is 1.32. The number of aromatic hydroxyl groups is 1. The summed E-state index contributed by atoms with van der Waals surface area (Å²) < 4.78 is -1.26. The number of hydrogen-bond donors (Lipinski definition) is 12. The summed E-state index contributed by atoms with van der Waals surface area (Å²) in [4.78, 5) is 119. The number of nitrogens with two attached hydrogens (primary N) is 1. The van der Waals surface area contributed by atoms with Crippen LogP contribution < -0.4 is 48.3 Å². The number of nitrogens with one attached hydrogen (secondary N) is 9. The van der Waals surface area contributed by atoms with Crippen molar-refractivity contribution in [3.8, 4) is 5.75 Å². The van der Waals surface area contributed by atoms with Crippen LogP contribution >= 0.6 is 21.6 Å². The number of carbonyl (C=O) groups is 8. The van der Waals surface area contributed by atoms with Crippen LogP contribution in [0.2, 0.25) is 0 Å². The van der Waals surface area contributed by atoms with Gasteiger partial charge in [0.1, 0.15) is 48.0 Å². The zero-order valence-corrected chi connectivity index (χ0v) is 46.8. The van der Waals surface area contributed by atoms with Crippen molar-refractivity contribution in [1.29, 1.82) is 0 Å². The largest absolute Gasteiger partial charge is 0.508 e. The molecule has 8 atom stereocenters. The van der Waals surface area contributed by atoms with Gasteiger partial charge < -0.3 is 63.5 Å². The van der Waals surface area contributed by atoms with Crippen LogP contribution in [0.3, 0.4) is 0 Å². The fraction of sp³-hybridized carbons (Fsp3) is 0.414. The van der Waals surface area contributed by atoms with Crippen LogP contribution in [0.5, 0.6) is 5.75 Å². The number of carbonyl (C=O) groups excluding carboxylic acids is 7. The highest BCUT2D eigenvalue weighted by Gasteiger charge is 2.42. The van der Waals surface area contributed by atoms with Crippen molar-refractivity contribution >= 4 is 79.8 Å². The van der Waals surface area contributed by atoms with E-state index in [9.17, 15) is 39.0 Å². The Hall–Kier alpha value is -7.40. The summed E-state index contributed by atoms with van der Waals surface area (Å²) in [5, 5.41) is 44.1. The molecule has 7 rings (SSSR count). The highest BCUT2D eigenvalue weighted by atomic mass is 33.1. The Kier molecular flexibility index (Phi) is 21.2. The number of unbranched alkanes of at least 4 members (excludes halogenated alkanes) is 1. The summed E-state index contributed by atoms with van der Waals surface area (Å²) in [5.41, 5.74) is 10.5. The van der Waals surface area contributed by atoms with Gasteiger partial charge in [0, 0.05) is 53.4 Å². The number of phenolic OH excluding ortho intramolecular Hbond substituents is 1. The van der Waals surface area contributed by atoms with Crippen molar-refractivity contribution < 1.29 is 48.6 Å². The number of para-hydroxylation sites is 1. The summed E-state index contributed by atoms with van der Waals surface area (Å²) in [6.07, 6.45) is 2.67. The molecule has 1 aromatic heterocycles. The van der Waals surface area contributed by atoms with E-state index in [1.165, 1.54) is 12.1 Å². The van der Waals surface area contributed by atoms with Gasteiger partial charge in [-0.3, -0.25) is 33.6 Å². The molecule has 0 spiro atoms. The number of phenols is 1. The Morgan fingerprint density at radius 2 is 1.25 bits per heavy atom. The van der Waals surface area contributed by atoms with Gasteiger partial charge in [0.25, 0.3) is 0 Å². The minimum atomic E-state index is -1.45. The number of aromatic amines is 1. The minimum Gasteiger partial charge on any atom is -0.508 e. The molecular weight excluding hydrogens is 1060 g/mol. The van der Waals surface area contributed by atoms with Crippen molar-refractivity contribution in [2.45, 2.75) is 132 Å². The fourth-order valence-electron chi connectivity index (χ4n) is 9.66. The van der Waals surface area contributed by atoms with Crippen molar-refractivity contribution in [3.05, 3.63) is 137 Å². The summed E-state index contributed by atoms with van der Waals surface area (Å²) in [5.74, 6) is -7.33. The van der Waals surface area contributed by atoms with E-state index in [2.05, 4.69) is 47.5 Å². The van der Waals surface area contributed by atoms with Crippen LogP contribution in [0.4, 0.5) is 0 Å². The van der Waals surface area contributed by atoms with Gasteiger partial charge in [0.2, 0.25) is 41.4 Å². The molecule has 426 valence electrons. The van der Waals surface area contributed by atoms with Gasteiger partial charge in [0.15, 0.2) is 0 Å². The minimum absolute atomic E-state index is 0.0411.